The molecule has 0 amide bonds. The topological polar surface area (TPSA) is 9.23 Å². The summed E-state index contributed by atoms with van der Waals surface area (Å²) in [6, 6.07) is 36.8. The van der Waals surface area contributed by atoms with Crippen molar-refractivity contribution in [3.05, 3.63) is 170 Å². The molecule has 1 nitrogen and oxygen atoms in total. The van der Waals surface area contributed by atoms with Crippen LogP contribution in [0.5, 0.6) is 5.75 Å². The number of hydrogen-bond acceptors (Lipinski definition) is 1. The Kier molecular flexibility index (Phi) is 25.5. The second-order valence-corrected chi connectivity index (χ2v) is 23.7. The Bertz CT molecular complexity index is 2010. The normalized spacial score (nSPS) is 11.5. The van der Waals surface area contributed by atoms with Crippen molar-refractivity contribution >= 4 is 0 Å². The summed E-state index contributed by atoms with van der Waals surface area (Å²) in [5, 5.41) is 0. The molecule has 0 heterocycles. The first-order valence-corrected chi connectivity index (χ1v) is 24.0. The SMILES string of the molecule is C.CC.CC(C)(C)c1ccccc1.COc1ccc(C(C)(C)C)cc1.Cc1cc(C(C)(C)C)cc(C(C)(C)C)c1.Cc1cc(C)c(C(C)(C)C)c(C)c1.Cc1cccc(C)c1C(C)(C)C. The van der Waals surface area contributed by atoms with E-state index in [2.05, 4.69) is 257 Å². The third-order valence-corrected chi connectivity index (χ3v) is 11.1. The molecule has 0 aliphatic heterocycles. The van der Waals surface area contributed by atoms with E-state index in [0.29, 0.717) is 5.41 Å². The Morgan fingerprint density at radius 1 is 0.308 bits per heavy atom. The van der Waals surface area contributed by atoms with Gasteiger partial charge in [0.2, 0.25) is 0 Å². The van der Waals surface area contributed by atoms with Crippen LogP contribution >= 0.6 is 0 Å². The van der Waals surface area contributed by atoms with Crippen LogP contribution in [0, 0.1) is 41.5 Å². The van der Waals surface area contributed by atoms with E-state index < -0.39 is 0 Å². The van der Waals surface area contributed by atoms with Gasteiger partial charge in [0, 0.05) is 0 Å². The van der Waals surface area contributed by atoms with Crippen LogP contribution in [0.3, 0.4) is 0 Å². The lowest BCUT2D eigenvalue weighted by Gasteiger charge is -2.25. The molecule has 5 aromatic carbocycles. The van der Waals surface area contributed by atoms with Gasteiger partial charge in [0.05, 0.1) is 7.11 Å². The highest BCUT2D eigenvalue weighted by molar-refractivity contribution is 5.42. The molecule has 65 heavy (non-hydrogen) atoms. The number of ether oxygens (including phenoxy) is 1. The van der Waals surface area contributed by atoms with Gasteiger partial charge in [0.15, 0.2) is 0 Å². The lowest BCUT2D eigenvalue weighted by atomic mass is 9.80. The van der Waals surface area contributed by atoms with Crippen LogP contribution in [0.1, 0.15) is 213 Å². The molecule has 0 aliphatic carbocycles. The van der Waals surface area contributed by atoms with Crippen LogP contribution in [0.4, 0.5) is 0 Å². The van der Waals surface area contributed by atoms with Crippen molar-refractivity contribution in [2.24, 2.45) is 0 Å². The Hall–Kier alpha value is -4.10. The standard InChI is InChI=1S/C15H24.C13H20.C12H18.C11H16O.C10H14.C2H6.CH4/c1-11-8-12(14(2,3)4)10-13(9-11)15(5,6)7;1-9-7-10(2)12(11(3)8-9)13(4,5)6;1-9-7-6-8-10(2)11(9)12(3,4)5;1-11(2,3)9-5-7-10(12-4)8-6-9;1-10(2,3)9-7-5-4-6-8-9;1-2;/h8-10H,1-7H3;7-8H,1-6H3;6-8H,1-5H3;5-8H,1-4H3;4-8H,1-3H3;1-2H3;1H4. The molecule has 364 valence electrons. The molecular formula is C64H102O. The Balaban J connectivity index is 0. The van der Waals surface area contributed by atoms with Crippen molar-refractivity contribution in [3.8, 4) is 5.75 Å². The zero-order chi connectivity index (χ0) is 50.2. The van der Waals surface area contributed by atoms with Crippen molar-refractivity contribution in [1.82, 2.24) is 0 Å². The highest BCUT2D eigenvalue weighted by atomic mass is 16.5. The molecule has 0 aliphatic rings. The van der Waals surface area contributed by atoms with Gasteiger partial charge in [-0.25, -0.2) is 0 Å². The third-order valence-electron chi connectivity index (χ3n) is 11.1. The zero-order valence-corrected chi connectivity index (χ0v) is 46.7. The van der Waals surface area contributed by atoms with Gasteiger partial charge in [-0.3, -0.25) is 0 Å². The summed E-state index contributed by atoms with van der Waals surface area (Å²) in [7, 11) is 1.69. The van der Waals surface area contributed by atoms with Gasteiger partial charge >= 0.3 is 0 Å². The van der Waals surface area contributed by atoms with E-state index in [1.54, 1.807) is 7.11 Å². The van der Waals surface area contributed by atoms with Crippen molar-refractivity contribution in [2.75, 3.05) is 7.11 Å². The van der Waals surface area contributed by atoms with Crippen molar-refractivity contribution in [3.63, 3.8) is 0 Å². The number of benzene rings is 5. The maximum Gasteiger partial charge on any atom is 0.118 e. The minimum Gasteiger partial charge on any atom is -0.497 e. The molecule has 0 N–H and O–H groups in total. The smallest absolute Gasteiger partial charge is 0.118 e. The first kappa shape index (κ1) is 63.0. The van der Waals surface area contributed by atoms with Crippen LogP contribution < -0.4 is 4.74 Å². The van der Waals surface area contributed by atoms with Gasteiger partial charge in [-0.2, -0.15) is 0 Å². The van der Waals surface area contributed by atoms with E-state index in [4.69, 9.17) is 4.74 Å². The summed E-state index contributed by atoms with van der Waals surface area (Å²) in [6.45, 7) is 57.7. The minimum atomic E-state index is 0. The van der Waals surface area contributed by atoms with Crippen molar-refractivity contribution in [2.45, 2.75) is 220 Å². The fourth-order valence-corrected chi connectivity index (χ4v) is 8.04. The third kappa shape index (κ3) is 22.8. The second kappa shape index (κ2) is 26.3. The molecule has 0 saturated heterocycles. The summed E-state index contributed by atoms with van der Waals surface area (Å²) < 4.78 is 5.08. The second-order valence-electron chi connectivity index (χ2n) is 23.7. The molecule has 0 atom stereocenters. The van der Waals surface area contributed by atoms with Crippen molar-refractivity contribution < 1.29 is 4.74 Å². The van der Waals surface area contributed by atoms with Crippen LogP contribution in [0.25, 0.3) is 0 Å². The van der Waals surface area contributed by atoms with Gasteiger partial charge < -0.3 is 4.74 Å². The highest BCUT2D eigenvalue weighted by Gasteiger charge is 2.21. The maximum atomic E-state index is 5.08. The lowest BCUT2D eigenvalue weighted by Crippen LogP contribution is -2.16. The summed E-state index contributed by atoms with van der Waals surface area (Å²) >= 11 is 0. The van der Waals surface area contributed by atoms with Crippen molar-refractivity contribution in [1.29, 1.82) is 0 Å². The minimum absolute atomic E-state index is 0. The molecule has 0 bridgehead atoms. The van der Waals surface area contributed by atoms with Crippen LogP contribution in [0.15, 0.2) is 103 Å². The molecule has 0 fully saturated rings. The average Bonchev–Trinajstić information content (AvgIpc) is 3.14. The molecular weight excluding hydrogens is 785 g/mol. The van der Waals surface area contributed by atoms with Gasteiger partial charge in [-0.15, -0.1) is 0 Å². The molecule has 0 spiro atoms. The molecule has 5 rings (SSSR count). The molecule has 1 heteroatoms. The van der Waals surface area contributed by atoms with Crippen LogP contribution in [0.2, 0.25) is 0 Å². The fraction of sp³-hybridized carbons (Fsp3) is 0.531. The largest absolute Gasteiger partial charge is 0.497 e. The first-order chi connectivity index (χ1) is 29.0. The Labute approximate surface area is 405 Å². The predicted molar refractivity (Wildman–Crippen MR) is 297 cm³/mol. The molecule has 5 aromatic rings. The van der Waals surface area contributed by atoms with E-state index in [0.717, 1.165) is 5.75 Å². The van der Waals surface area contributed by atoms with Gasteiger partial charge in [0.1, 0.15) is 5.75 Å². The average molecular weight is 888 g/mol. The van der Waals surface area contributed by atoms with E-state index in [-0.39, 0.29) is 34.5 Å². The number of hydrogen-bond donors (Lipinski definition) is 0. The van der Waals surface area contributed by atoms with E-state index in [9.17, 15) is 0 Å². The van der Waals surface area contributed by atoms with Gasteiger partial charge in [0.25, 0.3) is 0 Å². The van der Waals surface area contributed by atoms with E-state index in [1.165, 1.54) is 66.8 Å². The zero-order valence-electron chi connectivity index (χ0n) is 46.7. The number of aryl methyl sites for hydroxylation is 6. The Morgan fingerprint density at radius 2 is 0.615 bits per heavy atom. The molecule has 0 radical (unpaired) electrons. The van der Waals surface area contributed by atoms with Gasteiger partial charge in [-0.1, -0.05) is 248 Å². The predicted octanol–water partition coefficient (Wildman–Crippen LogP) is 19.7. The summed E-state index contributed by atoms with van der Waals surface area (Å²) in [5.41, 5.74) is 18.5. The van der Waals surface area contributed by atoms with E-state index in [1.807, 2.05) is 26.0 Å². The maximum absolute atomic E-state index is 5.08. The van der Waals surface area contributed by atoms with Crippen LogP contribution in [-0.2, 0) is 32.5 Å². The van der Waals surface area contributed by atoms with Crippen LogP contribution in [-0.4, -0.2) is 7.11 Å². The van der Waals surface area contributed by atoms with Gasteiger partial charge in [-0.05, 0) is 142 Å². The molecule has 0 saturated carbocycles. The first-order valence-electron chi connectivity index (χ1n) is 24.0. The molecule has 0 unspecified atom stereocenters. The molecule has 0 aromatic heterocycles. The summed E-state index contributed by atoms with van der Waals surface area (Å²) in [4.78, 5) is 0. The monoisotopic (exact) mass is 887 g/mol. The lowest BCUT2D eigenvalue weighted by molar-refractivity contribution is 0.414. The fourth-order valence-electron chi connectivity index (χ4n) is 8.04. The highest BCUT2D eigenvalue weighted by Crippen LogP contribution is 2.32. The quantitative estimate of drug-likeness (QED) is 0.163. The number of methoxy groups -OCH3 is 1. The Morgan fingerprint density at radius 3 is 0.892 bits per heavy atom. The summed E-state index contributed by atoms with van der Waals surface area (Å²) in [5.74, 6) is 0.919. The number of rotatable bonds is 1. The summed E-state index contributed by atoms with van der Waals surface area (Å²) in [6.07, 6.45) is 0. The van der Waals surface area contributed by atoms with E-state index >= 15 is 0 Å².